The number of benzene rings is 1. The van der Waals surface area contributed by atoms with Crippen LogP contribution in [0.25, 0.3) is 10.9 Å². The second-order valence-electron chi connectivity index (χ2n) is 5.79. The topological polar surface area (TPSA) is 16.1 Å². The molecule has 0 aliphatic rings. The van der Waals surface area contributed by atoms with Crippen LogP contribution < -0.4 is 0 Å². The third-order valence-corrected chi connectivity index (χ3v) is 5.04. The van der Waals surface area contributed by atoms with Gasteiger partial charge in [0.05, 0.1) is 10.5 Å². The molecular formula is C16H22N2S. The van der Waals surface area contributed by atoms with Gasteiger partial charge in [0.15, 0.2) is 0 Å². The SMILES string of the molecule is Cc1cc(SCC(C)(C)N(C)C)nc2ccccc12. The minimum Gasteiger partial charge on any atom is -0.303 e. The van der Waals surface area contributed by atoms with E-state index in [0.717, 1.165) is 16.3 Å². The summed E-state index contributed by atoms with van der Waals surface area (Å²) in [6.07, 6.45) is 0. The van der Waals surface area contributed by atoms with Crippen molar-refractivity contribution in [2.45, 2.75) is 31.3 Å². The Hall–Kier alpha value is -1.06. The van der Waals surface area contributed by atoms with Crippen LogP contribution in [0.2, 0.25) is 0 Å². The first-order chi connectivity index (χ1) is 8.90. The number of fused-ring (bicyclic) bond motifs is 1. The number of para-hydroxylation sites is 1. The highest BCUT2D eigenvalue weighted by molar-refractivity contribution is 7.99. The van der Waals surface area contributed by atoms with Crippen molar-refractivity contribution in [1.82, 2.24) is 9.88 Å². The van der Waals surface area contributed by atoms with Crippen LogP contribution in [0.15, 0.2) is 35.4 Å². The predicted molar refractivity (Wildman–Crippen MR) is 85.0 cm³/mol. The molecule has 0 aliphatic heterocycles. The zero-order valence-electron chi connectivity index (χ0n) is 12.4. The van der Waals surface area contributed by atoms with E-state index in [2.05, 4.69) is 64.0 Å². The largest absolute Gasteiger partial charge is 0.303 e. The van der Waals surface area contributed by atoms with Crippen molar-refractivity contribution < 1.29 is 0 Å². The Morgan fingerprint density at radius 1 is 1.21 bits per heavy atom. The van der Waals surface area contributed by atoms with Gasteiger partial charge in [-0.25, -0.2) is 4.98 Å². The van der Waals surface area contributed by atoms with Crippen LogP contribution in [-0.2, 0) is 0 Å². The van der Waals surface area contributed by atoms with Gasteiger partial charge in [0.1, 0.15) is 0 Å². The number of aromatic nitrogens is 1. The molecule has 0 unspecified atom stereocenters. The molecule has 3 heteroatoms. The van der Waals surface area contributed by atoms with E-state index in [1.165, 1.54) is 10.9 Å². The lowest BCUT2D eigenvalue weighted by Gasteiger charge is -2.32. The van der Waals surface area contributed by atoms with Crippen LogP contribution in [0, 0.1) is 6.92 Å². The number of hydrogen-bond acceptors (Lipinski definition) is 3. The fourth-order valence-electron chi connectivity index (χ4n) is 1.77. The monoisotopic (exact) mass is 274 g/mol. The number of nitrogens with zero attached hydrogens (tertiary/aromatic N) is 2. The maximum atomic E-state index is 4.74. The molecule has 2 aromatic rings. The van der Waals surface area contributed by atoms with E-state index in [9.17, 15) is 0 Å². The van der Waals surface area contributed by atoms with Crippen molar-refractivity contribution in [3.8, 4) is 0 Å². The van der Waals surface area contributed by atoms with Gasteiger partial charge in [-0.15, -0.1) is 11.8 Å². The summed E-state index contributed by atoms with van der Waals surface area (Å²) in [6.45, 7) is 6.67. The van der Waals surface area contributed by atoms with Gasteiger partial charge in [-0.2, -0.15) is 0 Å². The highest BCUT2D eigenvalue weighted by atomic mass is 32.2. The molecule has 1 aromatic heterocycles. The number of hydrogen-bond donors (Lipinski definition) is 0. The average molecular weight is 274 g/mol. The molecule has 19 heavy (non-hydrogen) atoms. The lowest BCUT2D eigenvalue weighted by molar-refractivity contribution is 0.224. The lowest BCUT2D eigenvalue weighted by Crippen LogP contribution is -2.40. The van der Waals surface area contributed by atoms with Crippen molar-refractivity contribution in [2.24, 2.45) is 0 Å². The number of aryl methyl sites for hydroxylation is 1. The molecule has 0 N–H and O–H groups in total. The zero-order chi connectivity index (χ0) is 14.0. The first-order valence-corrected chi connectivity index (χ1v) is 7.55. The van der Waals surface area contributed by atoms with Gasteiger partial charge in [-0.3, -0.25) is 0 Å². The van der Waals surface area contributed by atoms with Crippen LogP contribution in [0.4, 0.5) is 0 Å². The van der Waals surface area contributed by atoms with Gasteiger partial charge in [0.2, 0.25) is 0 Å². The molecule has 1 heterocycles. The summed E-state index contributed by atoms with van der Waals surface area (Å²) in [5.74, 6) is 1.03. The van der Waals surface area contributed by atoms with Gasteiger partial charge < -0.3 is 4.90 Å². The number of rotatable bonds is 4. The van der Waals surface area contributed by atoms with E-state index >= 15 is 0 Å². The highest BCUT2D eigenvalue weighted by Crippen LogP contribution is 2.27. The van der Waals surface area contributed by atoms with E-state index in [0.29, 0.717) is 0 Å². The van der Waals surface area contributed by atoms with E-state index in [1.807, 2.05) is 17.8 Å². The summed E-state index contributed by atoms with van der Waals surface area (Å²) in [4.78, 5) is 7.00. The maximum absolute atomic E-state index is 4.74. The van der Waals surface area contributed by atoms with Gasteiger partial charge in [-0.05, 0) is 52.6 Å². The van der Waals surface area contributed by atoms with E-state index in [4.69, 9.17) is 4.98 Å². The second kappa shape index (κ2) is 5.51. The lowest BCUT2D eigenvalue weighted by atomic mass is 10.1. The summed E-state index contributed by atoms with van der Waals surface area (Å²) in [5, 5.41) is 2.37. The molecule has 0 bridgehead atoms. The Labute approximate surface area is 120 Å². The van der Waals surface area contributed by atoms with Crippen LogP contribution >= 0.6 is 11.8 Å². The van der Waals surface area contributed by atoms with E-state index in [1.54, 1.807) is 0 Å². The van der Waals surface area contributed by atoms with Gasteiger partial charge in [0.25, 0.3) is 0 Å². The Morgan fingerprint density at radius 3 is 2.58 bits per heavy atom. The van der Waals surface area contributed by atoms with Gasteiger partial charge >= 0.3 is 0 Å². The van der Waals surface area contributed by atoms with Crippen molar-refractivity contribution in [1.29, 1.82) is 0 Å². The fourth-order valence-corrected chi connectivity index (χ4v) is 2.95. The van der Waals surface area contributed by atoms with Crippen LogP contribution in [0.1, 0.15) is 19.4 Å². The Kier molecular flexibility index (Phi) is 4.16. The quantitative estimate of drug-likeness (QED) is 0.785. The average Bonchev–Trinajstić information content (AvgIpc) is 2.36. The summed E-state index contributed by atoms with van der Waals surface area (Å²) in [5.41, 5.74) is 2.56. The van der Waals surface area contributed by atoms with E-state index in [-0.39, 0.29) is 5.54 Å². The summed E-state index contributed by atoms with van der Waals surface area (Å²) >= 11 is 1.83. The molecule has 0 fully saturated rings. The number of pyridine rings is 1. The first kappa shape index (κ1) is 14.4. The number of thioether (sulfide) groups is 1. The Balaban J connectivity index is 2.22. The Morgan fingerprint density at radius 2 is 1.89 bits per heavy atom. The minimum absolute atomic E-state index is 0.173. The third-order valence-electron chi connectivity index (χ3n) is 3.68. The molecule has 0 amide bonds. The molecule has 0 spiro atoms. The zero-order valence-corrected chi connectivity index (χ0v) is 13.2. The Bertz CT molecular complexity index is 576. The normalized spacial score (nSPS) is 12.3. The van der Waals surface area contributed by atoms with Gasteiger partial charge in [-0.1, -0.05) is 18.2 Å². The van der Waals surface area contributed by atoms with Gasteiger partial charge in [0, 0.05) is 16.7 Å². The van der Waals surface area contributed by atoms with Crippen molar-refractivity contribution in [3.05, 3.63) is 35.9 Å². The minimum atomic E-state index is 0.173. The smallest absolute Gasteiger partial charge is 0.0970 e. The van der Waals surface area contributed by atoms with Crippen molar-refractivity contribution in [3.63, 3.8) is 0 Å². The molecule has 2 rings (SSSR count). The summed E-state index contributed by atoms with van der Waals surface area (Å²) < 4.78 is 0. The first-order valence-electron chi connectivity index (χ1n) is 6.57. The van der Waals surface area contributed by atoms with E-state index < -0.39 is 0 Å². The van der Waals surface area contributed by atoms with Crippen LogP contribution in [-0.4, -0.2) is 35.3 Å². The molecule has 1 aromatic carbocycles. The third kappa shape index (κ3) is 3.28. The molecule has 0 saturated heterocycles. The molecular weight excluding hydrogens is 252 g/mol. The molecule has 0 saturated carbocycles. The van der Waals surface area contributed by atoms with Crippen LogP contribution in [0.5, 0.6) is 0 Å². The molecule has 102 valence electrons. The molecule has 0 radical (unpaired) electrons. The van der Waals surface area contributed by atoms with Crippen molar-refractivity contribution >= 4 is 22.7 Å². The molecule has 0 aliphatic carbocycles. The molecule has 0 atom stereocenters. The maximum Gasteiger partial charge on any atom is 0.0970 e. The van der Waals surface area contributed by atoms with Crippen LogP contribution in [0.3, 0.4) is 0 Å². The summed E-state index contributed by atoms with van der Waals surface area (Å²) in [6, 6.07) is 10.5. The fraction of sp³-hybridized carbons (Fsp3) is 0.438. The van der Waals surface area contributed by atoms with Crippen molar-refractivity contribution in [2.75, 3.05) is 19.8 Å². The standard InChI is InChI=1S/C16H22N2S/c1-12-10-15(19-11-16(2,3)18(4)5)17-14-9-7-6-8-13(12)14/h6-10H,11H2,1-5H3. The second-order valence-corrected chi connectivity index (χ2v) is 6.79. The molecule has 2 nitrogen and oxygen atoms in total. The predicted octanol–water partition coefficient (Wildman–Crippen LogP) is 3.98. The highest BCUT2D eigenvalue weighted by Gasteiger charge is 2.20. The summed E-state index contributed by atoms with van der Waals surface area (Å²) in [7, 11) is 4.25.